The summed E-state index contributed by atoms with van der Waals surface area (Å²) in [6, 6.07) is 3.99. The Balaban J connectivity index is 1.27. The van der Waals surface area contributed by atoms with Crippen LogP contribution in [0.1, 0.15) is 5.56 Å². The molecule has 2 aromatic heterocycles. The molecule has 2 aliphatic rings. The van der Waals surface area contributed by atoms with Crippen LogP contribution >= 0.6 is 11.6 Å². The Bertz CT molecular complexity index is 1210. The third-order valence-electron chi connectivity index (χ3n) is 6.11. The average Bonchev–Trinajstić information content (AvgIpc) is 3.41. The fraction of sp³-hybridized carbons (Fsp3) is 0.478. The van der Waals surface area contributed by atoms with Crippen molar-refractivity contribution < 1.29 is 37.6 Å². The summed E-state index contributed by atoms with van der Waals surface area (Å²) in [5.74, 6) is -1.43. The van der Waals surface area contributed by atoms with Crippen LogP contribution in [0.5, 0.6) is 11.8 Å². The van der Waals surface area contributed by atoms with E-state index in [9.17, 15) is 13.9 Å². The minimum Gasteiger partial charge on any atom is -0.491 e. The van der Waals surface area contributed by atoms with Crippen molar-refractivity contribution in [1.29, 1.82) is 0 Å². The topological polar surface area (TPSA) is 120 Å². The van der Waals surface area contributed by atoms with E-state index < -0.39 is 23.8 Å². The zero-order valence-corrected chi connectivity index (χ0v) is 20.1. The summed E-state index contributed by atoms with van der Waals surface area (Å²) < 4.78 is 56.3. The van der Waals surface area contributed by atoms with E-state index in [2.05, 4.69) is 20.3 Å². The maximum Gasteiger partial charge on any atom is 0.296 e. The maximum absolute atomic E-state index is 14.5. The molecule has 2 aliphatic heterocycles. The van der Waals surface area contributed by atoms with Gasteiger partial charge in [0.15, 0.2) is 11.8 Å². The molecule has 2 fully saturated rings. The third kappa shape index (κ3) is 5.18. The fourth-order valence-electron chi connectivity index (χ4n) is 4.25. The molecule has 0 spiro atoms. The third-order valence-corrected chi connectivity index (χ3v) is 6.39. The van der Waals surface area contributed by atoms with Crippen molar-refractivity contribution in [1.82, 2.24) is 15.0 Å². The summed E-state index contributed by atoms with van der Waals surface area (Å²) in [6.45, 7) is 1.19. The number of rotatable bonds is 9. The van der Waals surface area contributed by atoms with Crippen molar-refractivity contribution in [2.24, 2.45) is 5.92 Å². The van der Waals surface area contributed by atoms with Gasteiger partial charge in [0, 0.05) is 37.3 Å². The van der Waals surface area contributed by atoms with Gasteiger partial charge in [0.1, 0.15) is 35.9 Å². The van der Waals surface area contributed by atoms with Crippen LogP contribution in [0.4, 0.5) is 14.6 Å². The molecule has 4 atom stereocenters. The van der Waals surface area contributed by atoms with Crippen molar-refractivity contribution in [3.05, 3.63) is 40.4 Å². The van der Waals surface area contributed by atoms with E-state index in [1.165, 1.54) is 7.11 Å². The lowest BCUT2D eigenvalue weighted by Crippen LogP contribution is -2.47. The molecule has 0 bridgehead atoms. The average molecular weight is 527 g/mol. The number of ether oxygens (including phenoxy) is 5. The number of aliphatic hydroxyl groups is 1. The van der Waals surface area contributed by atoms with Crippen molar-refractivity contribution >= 4 is 28.6 Å². The SMILES string of the molecule is COCCOc1cc(F)c(CNc2nc3nc(O[C@@H]4COCC5[C@H](O)CO[C@@H]54)[nH]c3cc2Cl)c(F)c1. The predicted molar refractivity (Wildman–Crippen MR) is 124 cm³/mol. The van der Waals surface area contributed by atoms with Crippen LogP contribution in [0.25, 0.3) is 11.2 Å². The smallest absolute Gasteiger partial charge is 0.296 e. The highest BCUT2D eigenvalue weighted by Gasteiger charge is 2.45. The molecule has 10 nitrogen and oxygen atoms in total. The van der Waals surface area contributed by atoms with E-state index in [1.807, 2.05) is 0 Å². The molecule has 36 heavy (non-hydrogen) atoms. The first-order valence-corrected chi connectivity index (χ1v) is 11.7. The van der Waals surface area contributed by atoms with Crippen LogP contribution in [0.15, 0.2) is 18.2 Å². The molecule has 0 saturated carbocycles. The number of nitrogens with one attached hydrogen (secondary N) is 2. The lowest BCUT2D eigenvalue weighted by atomic mass is 9.94. The largest absolute Gasteiger partial charge is 0.491 e. The number of hydrogen-bond acceptors (Lipinski definition) is 9. The number of aromatic nitrogens is 3. The molecular formula is C23H25ClF2N4O6. The number of methoxy groups -OCH3 is 1. The standard InChI is InChI=1S/C23H25ClF2N4O6/c1-32-2-3-34-11-4-15(25)12(16(26)5-11)7-27-21-14(24)6-17-22(29-21)30-23(28-17)36-19-10-33-8-13-18(31)9-35-20(13)19/h4-6,13,18-20,31H,2-3,7-10H2,1H3,(H2,27,28,29,30)/t13?,18-,19-,20+/m1/s1. The number of halogens is 3. The quantitative estimate of drug-likeness (QED) is 0.361. The highest BCUT2D eigenvalue weighted by Crippen LogP contribution is 2.31. The Morgan fingerprint density at radius 2 is 1.97 bits per heavy atom. The van der Waals surface area contributed by atoms with E-state index in [0.29, 0.717) is 31.0 Å². The Labute approximate surface area is 209 Å². The minimum absolute atomic E-state index is 0.0691. The monoisotopic (exact) mass is 526 g/mol. The Kier molecular flexibility index (Phi) is 7.39. The normalized spacial score (nSPS) is 23.6. The summed E-state index contributed by atoms with van der Waals surface area (Å²) in [4.78, 5) is 11.7. The van der Waals surface area contributed by atoms with Gasteiger partial charge < -0.3 is 39.1 Å². The van der Waals surface area contributed by atoms with E-state index in [1.54, 1.807) is 6.07 Å². The molecule has 0 aliphatic carbocycles. The maximum atomic E-state index is 14.5. The molecule has 1 aromatic carbocycles. The number of nitrogens with zero attached hydrogens (tertiary/aromatic N) is 2. The summed E-state index contributed by atoms with van der Waals surface area (Å²) in [5.41, 5.74) is 0.611. The number of anilines is 1. The molecule has 13 heteroatoms. The Morgan fingerprint density at radius 1 is 1.17 bits per heavy atom. The van der Waals surface area contributed by atoms with Gasteiger partial charge in [-0.25, -0.2) is 13.8 Å². The predicted octanol–water partition coefficient (Wildman–Crippen LogP) is 2.68. The summed E-state index contributed by atoms with van der Waals surface area (Å²) in [6.07, 6.45) is -1.36. The number of benzene rings is 1. The van der Waals surface area contributed by atoms with Gasteiger partial charge in [0.05, 0.1) is 43.1 Å². The minimum atomic E-state index is -0.769. The number of imidazole rings is 1. The number of hydrogen-bond donors (Lipinski definition) is 3. The molecule has 0 radical (unpaired) electrons. The first kappa shape index (κ1) is 24.9. The molecule has 3 aromatic rings. The van der Waals surface area contributed by atoms with Crippen LogP contribution in [-0.4, -0.2) is 78.5 Å². The lowest BCUT2D eigenvalue weighted by molar-refractivity contribution is -0.105. The second-order valence-electron chi connectivity index (χ2n) is 8.52. The van der Waals surface area contributed by atoms with Crippen molar-refractivity contribution in [3.8, 4) is 11.8 Å². The van der Waals surface area contributed by atoms with Gasteiger partial charge in [0.25, 0.3) is 6.01 Å². The van der Waals surface area contributed by atoms with Gasteiger partial charge in [-0.05, 0) is 6.07 Å². The second kappa shape index (κ2) is 10.7. The van der Waals surface area contributed by atoms with Crippen LogP contribution in [-0.2, 0) is 20.8 Å². The molecular weight excluding hydrogens is 502 g/mol. The van der Waals surface area contributed by atoms with E-state index in [0.717, 1.165) is 12.1 Å². The first-order valence-electron chi connectivity index (χ1n) is 11.4. The number of fused-ring (bicyclic) bond motifs is 2. The Hall–Kier alpha value is -2.77. The molecule has 1 unspecified atom stereocenters. The van der Waals surface area contributed by atoms with Crippen LogP contribution in [0.3, 0.4) is 0 Å². The van der Waals surface area contributed by atoms with Gasteiger partial charge in [0.2, 0.25) is 0 Å². The molecule has 2 saturated heterocycles. The number of aromatic amines is 1. The summed E-state index contributed by atoms with van der Waals surface area (Å²) >= 11 is 6.33. The summed E-state index contributed by atoms with van der Waals surface area (Å²) in [7, 11) is 1.50. The number of H-pyrrole nitrogens is 1. The first-order chi connectivity index (χ1) is 17.4. The van der Waals surface area contributed by atoms with Crippen molar-refractivity contribution in [2.75, 3.05) is 45.5 Å². The Morgan fingerprint density at radius 3 is 2.75 bits per heavy atom. The fourth-order valence-corrected chi connectivity index (χ4v) is 4.46. The van der Waals surface area contributed by atoms with Crippen molar-refractivity contribution in [2.45, 2.75) is 24.9 Å². The number of aliphatic hydroxyl groups excluding tert-OH is 1. The van der Waals surface area contributed by atoms with Gasteiger partial charge in [-0.1, -0.05) is 11.6 Å². The molecule has 0 amide bonds. The van der Waals surface area contributed by atoms with Crippen LogP contribution in [0, 0.1) is 17.6 Å². The lowest BCUT2D eigenvalue weighted by Gasteiger charge is -2.32. The highest BCUT2D eigenvalue weighted by molar-refractivity contribution is 6.33. The molecule has 194 valence electrons. The molecule has 4 heterocycles. The van der Waals surface area contributed by atoms with Gasteiger partial charge in [-0.2, -0.15) is 4.98 Å². The zero-order valence-electron chi connectivity index (χ0n) is 19.3. The van der Waals surface area contributed by atoms with Gasteiger partial charge in [-0.15, -0.1) is 0 Å². The van der Waals surface area contributed by atoms with Crippen molar-refractivity contribution in [3.63, 3.8) is 0 Å². The van der Waals surface area contributed by atoms with Crippen LogP contribution in [0.2, 0.25) is 5.02 Å². The zero-order chi connectivity index (χ0) is 25.2. The van der Waals surface area contributed by atoms with Crippen LogP contribution < -0.4 is 14.8 Å². The molecule has 3 N–H and O–H groups in total. The summed E-state index contributed by atoms with van der Waals surface area (Å²) in [5, 5.41) is 13.1. The second-order valence-corrected chi connectivity index (χ2v) is 8.92. The molecule has 5 rings (SSSR count). The van der Waals surface area contributed by atoms with E-state index in [4.69, 9.17) is 35.3 Å². The van der Waals surface area contributed by atoms with Gasteiger partial charge in [-0.3, -0.25) is 0 Å². The van der Waals surface area contributed by atoms with E-state index in [-0.39, 0.29) is 59.9 Å². The van der Waals surface area contributed by atoms with E-state index >= 15 is 0 Å². The highest BCUT2D eigenvalue weighted by atomic mass is 35.5. The number of pyridine rings is 1. The van der Waals surface area contributed by atoms with Gasteiger partial charge >= 0.3 is 0 Å².